The normalized spacial score (nSPS) is 16.9. The molecule has 306 valence electrons. The minimum absolute atomic E-state index is 0.127. The lowest BCUT2D eigenvalue weighted by Crippen LogP contribution is -2.50. The molecule has 2 atom stereocenters. The smallest absolute Gasteiger partial charge is 0.410 e. The summed E-state index contributed by atoms with van der Waals surface area (Å²) < 4.78 is 17.0. The lowest BCUT2D eigenvalue weighted by Gasteiger charge is -2.35. The number of fused-ring (bicyclic) bond motifs is 4. The first-order chi connectivity index (χ1) is 27.6. The zero-order valence-corrected chi connectivity index (χ0v) is 33.3. The number of aryl methyl sites for hydroxylation is 2. The molecular weight excluding hydrogens is 747 g/mol. The Morgan fingerprint density at radius 2 is 1.67 bits per heavy atom. The number of hydrogen-bond acceptors (Lipinski definition) is 12. The second kappa shape index (κ2) is 15.8. The first kappa shape index (κ1) is 39.7. The highest BCUT2D eigenvalue weighted by Crippen LogP contribution is 2.33. The van der Waals surface area contributed by atoms with Gasteiger partial charge in [-0.15, -0.1) is 0 Å². The molecule has 4 amide bonds. The molecule has 0 radical (unpaired) electrons. The summed E-state index contributed by atoms with van der Waals surface area (Å²) in [5, 5.41) is 7.24. The Morgan fingerprint density at radius 3 is 2.34 bits per heavy atom. The van der Waals surface area contributed by atoms with Crippen molar-refractivity contribution in [1.82, 2.24) is 43.7 Å². The van der Waals surface area contributed by atoms with E-state index in [4.69, 9.17) is 26.7 Å². The molecule has 2 aliphatic heterocycles. The van der Waals surface area contributed by atoms with E-state index in [2.05, 4.69) is 30.3 Å². The second-order valence-corrected chi connectivity index (χ2v) is 15.5. The second-order valence-electron chi connectivity index (χ2n) is 15.5. The van der Waals surface area contributed by atoms with E-state index in [1.54, 1.807) is 32.0 Å². The highest BCUT2D eigenvalue weighted by atomic mass is 16.6. The number of aromatic nitrogens is 7. The van der Waals surface area contributed by atoms with Crippen LogP contribution >= 0.6 is 0 Å². The number of likely N-dealkylation sites (tertiary alicyclic amines) is 2. The molecule has 4 aromatic heterocycles. The fourth-order valence-corrected chi connectivity index (χ4v) is 7.61. The average molecular weight is 796 g/mol. The molecule has 19 nitrogen and oxygen atoms in total. The Morgan fingerprint density at radius 1 is 0.948 bits per heavy atom. The van der Waals surface area contributed by atoms with E-state index in [0.29, 0.717) is 65.5 Å². The molecule has 2 saturated heterocycles. The van der Waals surface area contributed by atoms with Crippen molar-refractivity contribution in [3.63, 3.8) is 0 Å². The number of piperazine rings is 1. The largest absolute Gasteiger partial charge is 0.491 e. The number of nitrogen functional groups attached to an aromatic ring is 1. The van der Waals surface area contributed by atoms with Crippen LogP contribution in [0, 0.1) is 6.92 Å². The van der Waals surface area contributed by atoms with E-state index >= 15 is 0 Å². The van der Waals surface area contributed by atoms with Gasteiger partial charge < -0.3 is 36.1 Å². The summed E-state index contributed by atoms with van der Waals surface area (Å²) in [6.07, 6.45) is 6.45. The first-order valence-corrected chi connectivity index (χ1v) is 19.2. The number of carbonyl (C=O) groups excluding carboxylic acids is 4. The van der Waals surface area contributed by atoms with Crippen molar-refractivity contribution in [2.75, 3.05) is 37.3 Å². The summed E-state index contributed by atoms with van der Waals surface area (Å²) in [5.41, 5.74) is 20.4. The van der Waals surface area contributed by atoms with Gasteiger partial charge in [-0.2, -0.15) is 5.10 Å². The van der Waals surface area contributed by atoms with E-state index in [-0.39, 0.29) is 54.3 Å². The quantitative estimate of drug-likeness (QED) is 0.0936. The number of imidazole rings is 2. The van der Waals surface area contributed by atoms with E-state index in [1.807, 2.05) is 51.7 Å². The molecule has 58 heavy (non-hydrogen) atoms. The maximum Gasteiger partial charge on any atom is 0.410 e. The average Bonchev–Trinajstić information content (AvgIpc) is 3.98. The standard InChI is InChI=1S/C39H49N13O6/c1-6-52-29(14-22(2)47-52)35(55)46-37-45-28-16-24(33(41)54)19-43-34(28)50(37)12-8-7-11-49-31-27(44-36(49)42)15-23(32(40)53)17-30(31)57-13-9-10-48-20-26-18-25(48)21-51(26)38(56)58-39(3,4)5/h7-8,14-17,19,25-26H,6,9-13,18,20-21H2,1-5H3,(H2,40,53)(H2,41,54)(H2,42,44)(H,45,46,55)/b8-7+/t25-,26-/m0/s1. The van der Waals surface area contributed by atoms with E-state index in [1.165, 1.54) is 12.3 Å². The van der Waals surface area contributed by atoms with Gasteiger partial charge >= 0.3 is 6.09 Å². The third kappa shape index (κ3) is 8.15. The molecule has 0 unspecified atom stereocenters. The number of nitrogens with one attached hydrogen (secondary N) is 1. The van der Waals surface area contributed by atoms with Crippen molar-refractivity contribution >= 4 is 57.9 Å². The third-order valence-corrected chi connectivity index (χ3v) is 10.2. The summed E-state index contributed by atoms with van der Waals surface area (Å²) in [5.74, 6) is -0.841. The van der Waals surface area contributed by atoms with Crippen LogP contribution < -0.4 is 27.3 Å². The molecule has 0 aliphatic carbocycles. The number of benzene rings is 1. The summed E-state index contributed by atoms with van der Waals surface area (Å²) in [6.45, 7) is 12.9. The van der Waals surface area contributed by atoms with Crippen LogP contribution in [-0.4, -0.2) is 111 Å². The number of primary amides is 2. The van der Waals surface area contributed by atoms with Crippen LogP contribution in [0.5, 0.6) is 5.75 Å². The van der Waals surface area contributed by atoms with Crippen LogP contribution in [0.4, 0.5) is 16.7 Å². The summed E-state index contributed by atoms with van der Waals surface area (Å²) >= 11 is 0. The summed E-state index contributed by atoms with van der Waals surface area (Å²) in [6, 6.07) is 6.80. The molecule has 19 heteroatoms. The van der Waals surface area contributed by atoms with E-state index in [0.717, 1.165) is 19.5 Å². The van der Waals surface area contributed by atoms with Crippen LogP contribution in [-0.2, 0) is 24.4 Å². The Kier molecular flexibility index (Phi) is 10.8. The minimum atomic E-state index is -0.653. The van der Waals surface area contributed by atoms with Crippen LogP contribution in [0.3, 0.4) is 0 Å². The molecule has 5 aromatic rings. The maximum absolute atomic E-state index is 13.4. The van der Waals surface area contributed by atoms with Gasteiger partial charge in [0.1, 0.15) is 28.1 Å². The Balaban J connectivity index is 1.05. The van der Waals surface area contributed by atoms with Gasteiger partial charge in [0.2, 0.25) is 23.7 Å². The summed E-state index contributed by atoms with van der Waals surface area (Å²) in [4.78, 5) is 68.0. The van der Waals surface area contributed by atoms with Gasteiger partial charge in [-0.3, -0.25) is 33.8 Å². The number of ether oxygens (including phenoxy) is 2. The molecule has 2 bridgehead atoms. The van der Waals surface area contributed by atoms with Gasteiger partial charge in [-0.05, 0) is 71.7 Å². The van der Waals surface area contributed by atoms with Gasteiger partial charge in [0.05, 0.1) is 23.4 Å². The predicted molar refractivity (Wildman–Crippen MR) is 215 cm³/mol. The molecule has 6 heterocycles. The number of carbonyl (C=O) groups is 4. The number of hydrogen-bond donors (Lipinski definition) is 4. The fraction of sp³-hybridized carbons (Fsp3) is 0.436. The number of nitrogens with zero attached hydrogens (tertiary/aromatic N) is 9. The van der Waals surface area contributed by atoms with Crippen molar-refractivity contribution in [2.24, 2.45) is 11.5 Å². The number of pyridine rings is 1. The number of allylic oxidation sites excluding steroid dienone is 2. The molecule has 7 N–H and O–H groups in total. The van der Waals surface area contributed by atoms with Gasteiger partial charge in [0.25, 0.3) is 5.91 Å². The van der Waals surface area contributed by atoms with Crippen molar-refractivity contribution < 1.29 is 28.7 Å². The molecule has 2 fully saturated rings. The lowest BCUT2D eigenvalue weighted by atomic mass is 10.1. The Labute approximate surface area is 334 Å². The third-order valence-electron chi connectivity index (χ3n) is 10.2. The highest BCUT2D eigenvalue weighted by Gasteiger charge is 2.46. The van der Waals surface area contributed by atoms with Crippen LogP contribution in [0.1, 0.15) is 77.4 Å². The maximum atomic E-state index is 13.4. The number of nitrogens with two attached hydrogens (primary N) is 3. The van der Waals surface area contributed by atoms with Crippen molar-refractivity contribution in [3.05, 3.63) is 65.1 Å². The number of anilines is 2. The minimum Gasteiger partial charge on any atom is -0.491 e. The Bertz CT molecular complexity index is 2440. The van der Waals surface area contributed by atoms with Gasteiger partial charge in [-0.1, -0.05) is 12.2 Å². The zero-order chi connectivity index (χ0) is 41.5. The van der Waals surface area contributed by atoms with Crippen LogP contribution in [0.15, 0.2) is 42.6 Å². The van der Waals surface area contributed by atoms with Crippen LogP contribution in [0.25, 0.3) is 22.2 Å². The number of rotatable bonds is 14. The van der Waals surface area contributed by atoms with Crippen LogP contribution in [0.2, 0.25) is 0 Å². The molecule has 7 rings (SSSR count). The Hall–Kier alpha value is -6.50. The monoisotopic (exact) mass is 795 g/mol. The fourth-order valence-electron chi connectivity index (χ4n) is 7.61. The molecule has 0 spiro atoms. The van der Waals surface area contributed by atoms with Gasteiger partial charge in [0.15, 0.2) is 5.65 Å². The van der Waals surface area contributed by atoms with Crippen molar-refractivity contribution in [3.8, 4) is 5.75 Å². The zero-order valence-electron chi connectivity index (χ0n) is 33.3. The molecule has 0 saturated carbocycles. The number of amides is 4. The molecular formula is C39H49N13O6. The summed E-state index contributed by atoms with van der Waals surface area (Å²) in [7, 11) is 0. The first-order valence-electron chi connectivity index (χ1n) is 19.2. The van der Waals surface area contributed by atoms with E-state index < -0.39 is 23.3 Å². The topological polar surface area (TPSA) is 250 Å². The van der Waals surface area contributed by atoms with Gasteiger partial charge in [0, 0.05) is 63.1 Å². The van der Waals surface area contributed by atoms with Crippen molar-refractivity contribution in [2.45, 2.75) is 84.8 Å². The van der Waals surface area contributed by atoms with Gasteiger partial charge in [-0.25, -0.2) is 19.7 Å². The SMILES string of the molecule is CCn1nc(C)cc1C(=O)Nc1nc2cc(C(N)=O)cnc2n1C/C=C/Cn1c(N)nc2cc(C(N)=O)cc(OCCCN3C[C@@H]4C[C@H]3CN4C(=O)OC(C)(C)C)c21. The lowest BCUT2D eigenvalue weighted by molar-refractivity contribution is 0.0126. The van der Waals surface area contributed by atoms with E-state index in [9.17, 15) is 19.2 Å². The predicted octanol–water partition coefficient (Wildman–Crippen LogP) is 3.06. The highest BCUT2D eigenvalue weighted by molar-refractivity contribution is 6.03. The molecule has 2 aliphatic rings. The van der Waals surface area contributed by atoms with Crippen molar-refractivity contribution in [1.29, 1.82) is 0 Å². The molecule has 1 aromatic carbocycles.